The van der Waals surface area contributed by atoms with E-state index in [0.717, 1.165) is 57.7 Å². The molecule has 1 aromatic rings. The highest BCUT2D eigenvalue weighted by atomic mass is 16.5. The number of hydrogen-bond donors (Lipinski definition) is 1. The van der Waals surface area contributed by atoms with E-state index in [9.17, 15) is 4.79 Å². The second-order valence-electron chi connectivity index (χ2n) is 6.51. The van der Waals surface area contributed by atoms with Crippen LogP contribution < -0.4 is 5.32 Å². The van der Waals surface area contributed by atoms with E-state index in [1.165, 1.54) is 0 Å². The lowest BCUT2D eigenvalue weighted by Gasteiger charge is -2.39. The highest BCUT2D eigenvalue weighted by Crippen LogP contribution is 2.30. The van der Waals surface area contributed by atoms with Crippen molar-refractivity contribution in [2.75, 3.05) is 26.4 Å². The number of nitrogens with one attached hydrogen (secondary N) is 1. The van der Waals surface area contributed by atoms with Crippen LogP contribution in [0.2, 0.25) is 0 Å². The molecule has 0 radical (unpaired) electrons. The van der Waals surface area contributed by atoms with Gasteiger partial charge in [-0.15, -0.1) is 0 Å². The Bertz CT molecular complexity index is 488. The van der Waals surface area contributed by atoms with Gasteiger partial charge in [-0.2, -0.15) is 0 Å². The maximum absolute atomic E-state index is 12.3. The van der Waals surface area contributed by atoms with Gasteiger partial charge in [0.2, 0.25) is 5.91 Å². The quantitative estimate of drug-likeness (QED) is 0.901. The summed E-state index contributed by atoms with van der Waals surface area (Å²) in [5, 5.41) is 3.26. The van der Waals surface area contributed by atoms with Crippen LogP contribution in [-0.2, 0) is 20.7 Å². The standard InChI is InChI=1S/C18H26N2O3/c21-18(4-3-14-2-1-8-19-12-14)20-17-7-11-23-13-16(17)15-5-9-22-10-6-15/h1-2,8,12,15-17H,3-7,9-11,13H2,(H,20,21)/t16-,17-/m0/s1. The third kappa shape index (κ3) is 4.75. The van der Waals surface area contributed by atoms with Crippen LogP contribution in [0.1, 0.15) is 31.2 Å². The third-order valence-corrected chi connectivity index (χ3v) is 4.98. The molecule has 0 bridgehead atoms. The number of aryl methyl sites for hydroxylation is 1. The van der Waals surface area contributed by atoms with Crippen LogP contribution in [0, 0.1) is 11.8 Å². The van der Waals surface area contributed by atoms with E-state index in [1.807, 2.05) is 18.3 Å². The number of hydrogen-bond acceptors (Lipinski definition) is 4. The number of amides is 1. The first kappa shape index (κ1) is 16.4. The van der Waals surface area contributed by atoms with Gasteiger partial charge in [0.15, 0.2) is 0 Å². The Morgan fingerprint density at radius 3 is 2.83 bits per heavy atom. The maximum atomic E-state index is 12.3. The molecule has 0 aromatic carbocycles. The Kier molecular flexibility index (Phi) is 6.00. The summed E-state index contributed by atoms with van der Waals surface area (Å²) < 4.78 is 11.1. The lowest BCUT2D eigenvalue weighted by Crippen LogP contribution is -2.49. The van der Waals surface area contributed by atoms with Gasteiger partial charge in [-0.3, -0.25) is 9.78 Å². The van der Waals surface area contributed by atoms with Gasteiger partial charge >= 0.3 is 0 Å². The SMILES string of the molecule is O=C(CCc1cccnc1)N[C@H]1CCOC[C@H]1C1CCOCC1. The predicted molar refractivity (Wildman–Crippen MR) is 87.0 cm³/mol. The van der Waals surface area contributed by atoms with Crippen LogP contribution >= 0.6 is 0 Å². The molecule has 3 heterocycles. The predicted octanol–water partition coefficient (Wildman–Crippen LogP) is 1.96. The van der Waals surface area contributed by atoms with E-state index in [-0.39, 0.29) is 11.9 Å². The van der Waals surface area contributed by atoms with Gasteiger partial charge in [0.25, 0.3) is 0 Å². The molecule has 126 valence electrons. The average molecular weight is 318 g/mol. The molecule has 1 N–H and O–H groups in total. The minimum atomic E-state index is 0.137. The van der Waals surface area contributed by atoms with Crippen LogP contribution in [0.4, 0.5) is 0 Å². The van der Waals surface area contributed by atoms with Gasteiger partial charge in [0.05, 0.1) is 6.61 Å². The lowest BCUT2D eigenvalue weighted by molar-refractivity contribution is -0.123. The molecule has 2 aliphatic heterocycles. The summed E-state index contributed by atoms with van der Waals surface area (Å²) in [5.41, 5.74) is 1.11. The number of carbonyl (C=O) groups excluding carboxylic acids is 1. The molecule has 1 aromatic heterocycles. The van der Waals surface area contributed by atoms with Crippen molar-refractivity contribution in [3.8, 4) is 0 Å². The molecule has 5 nitrogen and oxygen atoms in total. The van der Waals surface area contributed by atoms with E-state index in [0.29, 0.717) is 18.3 Å². The highest BCUT2D eigenvalue weighted by Gasteiger charge is 2.34. The molecular weight excluding hydrogens is 292 g/mol. The minimum absolute atomic E-state index is 0.137. The van der Waals surface area contributed by atoms with Gasteiger partial charge in [-0.05, 0) is 43.2 Å². The summed E-state index contributed by atoms with van der Waals surface area (Å²) in [4.78, 5) is 16.4. The van der Waals surface area contributed by atoms with Crippen LogP contribution in [-0.4, -0.2) is 43.4 Å². The first-order chi connectivity index (χ1) is 11.3. The summed E-state index contributed by atoms with van der Waals surface area (Å²) in [5.74, 6) is 1.17. The largest absolute Gasteiger partial charge is 0.381 e. The van der Waals surface area contributed by atoms with Crippen molar-refractivity contribution in [1.29, 1.82) is 0 Å². The second kappa shape index (κ2) is 8.41. The Morgan fingerprint density at radius 2 is 2.04 bits per heavy atom. The highest BCUT2D eigenvalue weighted by molar-refractivity contribution is 5.76. The number of aromatic nitrogens is 1. The Labute approximate surface area is 137 Å². The van der Waals surface area contributed by atoms with Gasteiger partial charge in [0.1, 0.15) is 0 Å². The molecule has 2 atom stereocenters. The van der Waals surface area contributed by atoms with Gasteiger partial charge in [0, 0.05) is 50.6 Å². The molecule has 2 saturated heterocycles. The van der Waals surface area contributed by atoms with E-state index < -0.39 is 0 Å². The first-order valence-electron chi connectivity index (χ1n) is 8.66. The molecule has 0 unspecified atom stereocenters. The number of ether oxygens (including phenoxy) is 2. The summed E-state index contributed by atoms with van der Waals surface area (Å²) in [7, 11) is 0. The minimum Gasteiger partial charge on any atom is -0.381 e. The van der Waals surface area contributed by atoms with Crippen molar-refractivity contribution >= 4 is 5.91 Å². The average Bonchev–Trinajstić information content (AvgIpc) is 2.62. The van der Waals surface area contributed by atoms with E-state index in [1.54, 1.807) is 6.20 Å². The fourth-order valence-corrected chi connectivity index (χ4v) is 3.63. The molecule has 0 saturated carbocycles. The van der Waals surface area contributed by atoms with Crippen molar-refractivity contribution in [1.82, 2.24) is 10.3 Å². The molecule has 23 heavy (non-hydrogen) atoms. The summed E-state index contributed by atoms with van der Waals surface area (Å²) in [6, 6.07) is 4.17. The first-order valence-corrected chi connectivity index (χ1v) is 8.66. The number of pyridine rings is 1. The summed E-state index contributed by atoms with van der Waals surface area (Å²) in [6.45, 7) is 3.18. The van der Waals surface area contributed by atoms with E-state index >= 15 is 0 Å². The maximum Gasteiger partial charge on any atom is 0.220 e. The zero-order valence-corrected chi connectivity index (χ0v) is 13.6. The van der Waals surface area contributed by atoms with Gasteiger partial charge in [-0.1, -0.05) is 6.07 Å². The Balaban J connectivity index is 1.50. The smallest absolute Gasteiger partial charge is 0.220 e. The molecule has 1 amide bonds. The van der Waals surface area contributed by atoms with Gasteiger partial charge in [-0.25, -0.2) is 0 Å². The summed E-state index contributed by atoms with van der Waals surface area (Å²) in [6.07, 6.45) is 7.91. The Hall–Kier alpha value is -1.46. The molecule has 3 rings (SSSR count). The number of carbonyl (C=O) groups is 1. The van der Waals surface area contributed by atoms with Crippen LogP contribution in [0.15, 0.2) is 24.5 Å². The van der Waals surface area contributed by atoms with Crippen LogP contribution in [0.5, 0.6) is 0 Å². The molecule has 2 fully saturated rings. The van der Waals surface area contributed by atoms with Crippen molar-refractivity contribution in [3.63, 3.8) is 0 Å². The fraction of sp³-hybridized carbons (Fsp3) is 0.667. The topological polar surface area (TPSA) is 60.5 Å². The second-order valence-corrected chi connectivity index (χ2v) is 6.51. The van der Waals surface area contributed by atoms with Crippen molar-refractivity contribution in [2.24, 2.45) is 11.8 Å². The number of rotatable bonds is 5. The molecular formula is C18H26N2O3. The Morgan fingerprint density at radius 1 is 1.22 bits per heavy atom. The van der Waals surface area contributed by atoms with Crippen molar-refractivity contribution in [3.05, 3.63) is 30.1 Å². The van der Waals surface area contributed by atoms with E-state index in [4.69, 9.17) is 9.47 Å². The van der Waals surface area contributed by atoms with E-state index in [2.05, 4.69) is 10.3 Å². The van der Waals surface area contributed by atoms with Crippen molar-refractivity contribution < 1.29 is 14.3 Å². The fourth-order valence-electron chi connectivity index (χ4n) is 3.63. The molecule has 5 heteroatoms. The zero-order valence-electron chi connectivity index (χ0n) is 13.6. The van der Waals surface area contributed by atoms with Crippen LogP contribution in [0.25, 0.3) is 0 Å². The molecule has 0 spiro atoms. The van der Waals surface area contributed by atoms with Gasteiger partial charge < -0.3 is 14.8 Å². The van der Waals surface area contributed by atoms with Crippen LogP contribution in [0.3, 0.4) is 0 Å². The summed E-state index contributed by atoms with van der Waals surface area (Å²) >= 11 is 0. The zero-order chi connectivity index (χ0) is 15.9. The number of nitrogens with zero attached hydrogens (tertiary/aromatic N) is 1. The monoisotopic (exact) mass is 318 g/mol. The molecule has 0 aliphatic carbocycles. The third-order valence-electron chi connectivity index (χ3n) is 4.98. The lowest BCUT2D eigenvalue weighted by atomic mass is 9.79. The van der Waals surface area contributed by atoms with Crippen molar-refractivity contribution in [2.45, 2.75) is 38.1 Å². The normalized spacial score (nSPS) is 25.9. The molecule has 2 aliphatic rings.